The van der Waals surface area contributed by atoms with E-state index >= 15 is 0 Å². The average Bonchev–Trinajstić information content (AvgIpc) is 2.19. The maximum atomic E-state index is 13.4. The predicted octanol–water partition coefficient (Wildman–Crippen LogP) is 3.56. The van der Waals surface area contributed by atoms with E-state index in [0.717, 1.165) is 6.07 Å². The highest BCUT2D eigenvalue weighted by Gasteiger charge is 2.39. The van der Waals surface area contributed by atoms with Gasteiger partial charge < -0.3 is 5.32 Å². The second kappa shape index (κ2) is 5.69. The largest absolute Gasteiger partial charge is 0.404 e. The van der Waals surface area contributed by atoms with Gasteiger partial charge in [0.25, 0.3) is 0 Å². The highest BCUT2D eigenvalue weighted by Crippen LogP contribution is 2.25. The zero-order valence-corrected chi connectivity index (χ0v) is 9.87. The van der Waals surface area contributed by atoms with Crippen molar-refractivity contribution in [1.82, 2.24) is 5.32 Å². The minimum Gasteiger partial charge on any atom is -0.306 e. The van der Waals surface area contributed by atoms with Crippen molar-refractivity contribution in [3.05, 3.63) is 34.6 Å². The zero-order valence-electron chi connectivity index (χ0n) is 9.11. The van der Waals surface area contributed by atoms with Crippen molar-refractivity contribution in [2.24, 2.45) is 0 Å². The molecule has 1 aromatic carbocycles. The van der Waals surface area contributed by atoms with Crippen LogP contribution >= 0.6 is 11.6 Å². The molecule has 0 aliphatic carbocycles. The molecule has 1 aromatic rings. The first-order valence-electron chi connectivity index (χ1n) is 5.08. The molecule has 6 heteroatoms. The molecule has 0 bridgehead atoms. The summed E-state index contributed by atoms with van der Waals surface area (Å²) in [6, 6.07) is 1.91. The minimum absolute atomic E-state index is 0.00215. The van der Waals surface area contributed by atoms with Crippen molar-refractivity contribution < 1.29 is 17.6 Å². The Morgan fingerprint density at radius 2 is 2.00 bits per heavy atom. The van der Waals surface area contributed by atoms with E-state index in [4.69, 9.17) is 11.6 Å². The van der Waals surface area contributed by atoms with E-state index in [2.05, 4.69) is 5.32 Å². The van der Waals surface area contributed by atoms with Gasteiger partial charge in [-0.3, -0.25) is 0 Å². The number of hydrogen-bond donors (Lipinski definition) is 1. The number of nitrogens with one attached hydrogen (secondary N) is 1. The molecule has 0 spiro atoms. The van der Waals surface area contributed by atoms with Crippen LogP contribution in [-0.4, -0.2) is 18.8 Å². The first-order valence-corrected chi connectivity index (χ1v) is 5.46. The molecule has 1 nitrogen and oxygen atoms in total. The molecule has 0 aliphatic rings. The highest BCUT2D eigenvalue weighted by atomic mass is 35.5. The Labute approximate surface area is 102 Å². The molecule has 96 valence electrons. The maximum Gasteiger partial charge on any atom is 0.404 e. The van der Waals surface area contributed by atoms with Crippen LogP contribution in [0.25, 0.3) is 0 Å². The van der Waals surface area contributed by atoms with Crippen LogP contribution in [0.5, 0.6) is 0 Å². The van der Waals surface area contributed by atoms with Gasteiger partial charge in [0.15, 0.2) is 0 Å². The third kappa shape index (κ3) is 4.16. The normalized spacial score (nSPS) is 13.8. The maximum absolute atomic E-state index is 13.4. The van der Waals surface area contributed by atoms with Gasteiger partial charge in [0.2, 0.25) is 0 Å². The Morgan fingerprint density at radius 3 is 2.47 bits per heavy atom. The standard InChI is InChI=1S/C11H12ClF4N/c1-2-17-10(11(14,15)16)5-7-3-4-8(12)6-9(7)13/h3-4,6,10,17H,2,5H2,1H3. The average molecular weight is 270 g/mol. The molecule has 17 heavy (non-hydrogen) atoms. The molecular weight excluding hydrogens is 258 g/mol. The molecule has 0 heterocycles. The number of halogens is 5. The van der Waals surface area contributed by atoms with E-state index < -0.39 is 24.5 Å². The van der Waals surface area contributed by atoms with Gasteiger partial charge in [0.1, 0.15) is 11.9 Å². The van der Waals surface area contributed by atoms with E-state index in [0.29, 0.717) is 0 Å². The van der Waals surface area contributed by atoms with Crippen LogP contribution in [-0.2, 0) is 6.42 Å². The zero-order chi connectivity index (χ0) is 13.1. The van der Waals surface area contributed by atoms with Gasteiger partial charge in [-0.2, -0.15) is 13.2 Å². The lowest BCUT2D eigenvalue weighted by Gasteiger charge is -2.21. The van der Waals surface area contributed by atoms with Crippen LogP contribution in [0.2, 0.25) is 5.02 Å². The second-order valence-corrected chi connectivity index (χ2v) is 4.03. The van der Waals surface area contributed by atoms with Gasteiger partial charge in [-0.15, -0.1) is 0 Å². The van der Waals surface area contributed by atoms with Crippen molar-refractivity contribution in [1.29, 1.82) is 0 Å². The fourth-order valence-corrected chi connectivity index (χ4v) is 1.62. The van der Waals surface area contributed by atoms with Gasteiger partial charge in [0.05, 0.1) is 0 Å². The van der Waals surface area contributed by atoms with Gasteiger partial charge in [-0.1, -0.05) is 24.6 Å². The molecule has 1 unspecified atom stereocenters. The SMILES string of the molecule is CCNC(Cc1ccc(Cl)cc1F)C(F)(F)F. The number of benzene rings is 1. The van der Waals surface area contributed by atoms with Crippen molar-refractivity contribution >= 4 is 11.6 Å². The molecule has 1 rings (SSSR count). The lowest BCUT2D eigenvalue weighted by Crippen LogP contribution is -2.43. The Bertz CT molecular complexity index is 378. The minimum atomic E-state index is -4.40. The second-order valence-electron chi connectivity index (χ2n) is 3.59. The Balaban J connectivity index is 2.86. The number of rotatable bonds is 4. The van der Waals surface area contributed by atoms with E-state index in [1.165, 1.54) is 12.1 Å². The first kappa shape index (κ1) is 14.3. The van der Waals surface area contributed by atoms with Crippen LogP contribution in [0.3, 0.4) is 0 Å². The monoisotopic (exact) mass is 269 g/mol. The van der Waals surface area contributed by atoms with Gasteiger partial charge in [0, 0.05) is 5.02 Å². The van der Waals surface area contributed by atoms with E-state index in [-0.39, 0.29) is 17.1 Å². The number of likely N-dealkylation sites (N-methyl/N-ethyl adjacent to an activating group) is 1. The quantitative estimate of drug-likeness (QED) is 0.824. The molecule has 0 fully saturated rings. The molecule has 0 aromatic heterocycles. The summed E-state index contributed by atoms with van der Waals surface area (Å²) in [4.78, 5) is 0. The summed E-state index contributed by atoms with van der Waals surface area (Å²) in [5.74, 6) is -0.718. The third-order valence-electron chi connectivity index (χ3n) is 2.28. The fourth-order valence-electron chi connectivity index (χ4n) is 1.46. The molecular formula is C11H12ClF4N. The van der Waals surface area contributed by atoms with Crippen molar-refractivity contribution in [3.63, 3.8) is 0 Å². The van der Waals surface area contributed by atoms with Gasteiger partial charge >= 0.3 is 6.18 Å². The van der Waals surface area contributed by atoms with Crippen LogP contribution in [0, 0.1) is 5.82 Å². The summed E-state index contributed by atoms with van der Waals surface area (Å²) < 4.78 is 51.1. The molecule has 0 aliphatic heterocycles. The summed E-state index contributed by atoms with van der Waals surface area (Å²) >= 11 is 5.53. The molecule has 0 amide bonds. The van der Waals surface area contributed by atoms with Crippen molar-refractivity contribution in [3.8, 4) is 0 Å². The fraction of sp³-hybridized carbons (Fsp3) is 0.455. The molecule has 1 atom stereocenters. The van der Waals surface area contributed by atoms with E-state index in [9.17, 15) is 17.6 Å². The summed E-state index contributed by atoms with van der Waals surface area (Å²) in [5, 5.41) is 2.45. The van der Waals surface area contributed by atoms with Crippen LogP contribution in [0.4, 0.5) is 17.6 Å². The smallest absolute Gasteiger partial charge is 0.306 e. The Kier molecular flexibility index (Phi) is 4.77. The molecule has 0 saturated heterocycles. The molecule has 1 N–H and O–H groups in total. The molecule has 0 saturated carbocycles. The lowest BCUT2D eigenvalue weighted by molar-refractivity contribution is -0.155. The highest BCUT2D eigenvalue weighted by molar-refractivity contribution is 6.30. The van der Waals surface area contributed by atoms with Crippen molar-refractivity contribution in [2.75, 3.05) is 6.54 Å². The van der Waals surface area contributed by atoms with E-state index in [1.807, 2.05) is 0 Å². The lowest BCUT2D eigenvalue weighted by atomic mass is 10.0. The summed E-state index contributed by atoms with van der Waals surface area (Å²) in [5.41, 5.74) is -0.00215. The van der Waals surface area contributed by atoms with Crippen LogP contribution in [0.1, 0.15) is 12.5 Å². The predicted molar refractivity (Wildman–Crippen MR) is 58.6 cm³/mol. The van der Waals surface area contributed by atoms with Gasteiger partial charge in [-0.05, 0) is 30.7 Å². The Morgan fingerprint density at radius 1 is 1.35 bits per heavy atom. The van der Waals surface area contributed by atoms with Crippen LogP contribution < -0.4 is 5.32 Å². The van der Waals surface area contributed by atoms with E-state index in [1.54, 1.807) is 6.92 Å². The van der Waals surface area contributed by atoms with Crippen molar-refractivity contribution in [2.45, 2.75) is 25.6 Å². The topological polar surface area (TPSA) is 12.0 Å². The van der Waals surface area contributed by atoms with Crippen LogP contribution in [0.15, 0.2) is 18.2 Å². The molecule has 0 radical (unpaired) electrons. The Hall–Kier alpha value is -0.810. The third-order valence-corrected chi connectivity index (χ3v) is 2.52. The summed E-state index contributed by atoms with van der Waals surface area (Å²) in [6.07, 6.45) is -4.84. The number of hydrogen-bond acceptors (Lipinski definition) is 1. The first-order chi connectivity index (χ1) is 7.84. The summed E-state index contributed by atoms with van der Waals surface area (Å²) in [7, 11) is 0. The summed E-state index contributed by atoms with van der Waals surface area (Å²) in [6.45, 7) is 1.73. The van der Waals surface area contributed by atoms with Gasteiger partial charge in [-0.25, -0.2) is 4.39 Å². The number of alkyl halides is 3.